The summed E-state index contributed by atoms with van der Waals surface area (Å²) in [5, 5.41) is 0. The molecule has 6 aliphatic rings. The first kappa shape index (κ1) is 25.2. The van der Waals surface area contributed by atoms with Gasteiger partial charge >= 0.3 is 0 Å². The molecule has 4 aliphatic carbocycles. The highest BCUT2D eigenvalue weighted by atomic mass is 16.7. The van der Waals surface area contributed by atoms with E-state index < -0.39 is 0 Å². The van der Waals surface area contributed by atoms with Gasteiger partial charge in [0.15, 0.2) is 6.29 Å². The van der Waals surface area contributed by atoms with Crippen LogP contribution >= 0.6 is 0 Å². The van der Waals surface area contributed by atoms with Crippen molar-refractivity contribution in [3.8, 4) is 0 Å². The van der Waals surface area contributed by atoms with Crippen molar-refractivity contribution in [1.29, 1.82) is 0 Å². The fraction of sp³-hybridized carbons (Fsp3) is 1.00. The van der Waals surface area contributed by atoms with Crippen molar-refractivity contribution < 1.29 is 14.2 Å². The summed E-state index contributed by atoms with van der Waals surface area (Å²) >= 11 is 0. The van der Waals surface area contributed by atoms with Crippen LogP contribution in [0.3, 0.4) is 0 Å². The van der Waals surface area contributed by atoms with Gasteiger partial charge < -0.3 is 14.2 Å². The smallest absolute Gasteiger partial charge is 0.157 e. The summed E-state index contributed by atoms with van der Waals surface area (Å²) in [5.74, 6) is 5.38. The topological polar surface area (TPSA) is 31.0 Å². The quantitative estimate of drug-likeness (QED) is 0.269. The number of hydrogen-bond donors (Lipinski definition) is 0. The molecule has 2 heterocycles. The molecule has 35 heavy (non-hydrogen) atoms. The van der Waals surface area contributed by atoms with Crippen LogP contribution in [0, 0.1) is 46.3 Å². The van der Waals surface area contributed by atoms with Gasteiger partial charge in [-0.2, -0.15) is 0 Å². The lowest BCUT2D eigenvalue weighted by Gasteiger charge is -2.59. The average molecular weight is 487 g/mol. The predicted molar refractivity (Wildman–Crippen MR) is 141 cm³/mol. The zero-order chi connectivity index (χ0) is 24.4. The highest BCUT2D eigenvalue weighted by Gasteiger charge is 2.76. The van der Waals surface area contributed by atoms with Gasteiger partial charge in [-0.1, -0.05) is 53.9 Å². The Balaban J connectivity index is 1.13. The van der Waals surface area contributed by atoms with Gasteiger partial charge in [0.25, 0.3) is 0 Å². The fourth-order valence-corrected chi connectivity index (χ4v) is 10.8. The molecule has 0 bridgehead atoms. The molecule has 0 aromatic carbocycles. The lowest BCUT2D eigenvalue weighted by molar-refractivity contribution is -0.210. The molecule has 3 heteroatoms. The van der Waals surface area contributed by atoms with Crippen molar-refractivity contribution >= 4 is 0 Å². The van der Waals surface area contributed by atoms with Gasteiger partial charge in [0.2, 0.25) is 0 Å². The maximum absolute atomic E-state index is 6.79. The van der Waals surface area contributed by atoms with Gasteiger partial charge in [0, 0.05) is 18.4 Å². The highest BCUT2D eigenvalue weighted by Crippen LogP contribution is 2.74. The SMILES string of the molecule is CC(C)CCC[C@@H](C)[C@H]1CC[C@H]2[C@@H]3C[C@@H]4O[C@@]45C[C@@H](OC4CCCCO4)CC[C@]5(C)[C@H]3CC[C@]12C. The third kappa shape index (κ3) is 4.08. The van der Waals surface area contributed by atoms with Gasteiger partial charge in [-0.25, -0.2) is 0 Å². The van der Waals surface area contributed by atoms with Crippen LogP contribution in [0.5, 0.6) is 0 Å². The van der Waals surface area contributed by atoms with E-state index >= 15 is 0 Å². The molecule has 0 N–H and O–H groups in total. The first-order valence-electron chi connectivity index (χ1n) is 15.7. The summed E-state index contributed by atoms with van der Waals surface area (Å²) in [6, 6.07) is 0. The molecule has 6 fully saturated rings. The number of fused-ring (bicyclic) bond motifs is 4. The maximum Gasteiger partial charge on any atom is 0.157 e. The Labute approximate surface area is 215 Å². The fourth-order valence-electron chi connectivity index (χ4n) is 10.8. The summed E-state index contributed by atoms with van der Waals surface area (Å²) in [7, 11) is 0. The minimum absolute atomic E-state index is 0.0383. The monoisotopic (exact) mass is 486 g/mol. The van der Waals surface area contributed by atoms with E-state index in [0.29, 0.717) is 23.0 Å². The summed E-state index contributed by atoms with van der Waals surface area (Å²) in [6.45, 7) is 13.6. The summed E-state index contributed by atoms with van der Waals surface area (Å²) in [5.41, 5.74) is 1.04. The molecule has 1 spiro atoms. The summed E-state index contributed by atoms with van der Waals surface area (Å²) < 4.78 is 19.3. The Morgan fingerprint density at radius 2 is 1.77 bits per heavy atom. The molecular formula is C32H54O3. The normalized spacial score (nSPS) is 51.8. The van der Waals surface area contributed by atoms with E-state index in [1.165, 1.54) is 77.0 Å². The Morgan fingerprint density at radius 3 is 2.54 bits per heavy atom. The second-order valence-electron chi connectivity index (χ2n) is 14.9. The van der Waals surface area contributed by atoms with E-state index in [4.69, 9.17) is 14.2 Å². The number of rotatable bonds is 7. The third-order valence-electron chi connectivity index (χ3n) is 12.7. The molecule has 0 aromatic heterocycles. The van der Waals surface area contributed by atoms with E-state index in [2.05, 4.69) is 34.6 Å². The van der Waals surface area contributed by atoms with Crippen LogP contribution in [0.1, 0.15) is 125 Å². The molecule has 0 aromatic rings. The lowest BCUT2D eigenvalue weighted by Crippen LogP contribution is -2.59. The average Bonchev–Trinajstić information content (AvgIpc) is 3.40. The molecule has 0 radical (unpaired) electrons. The van der Waals surface area contributed by atoms with Crippen LogP contribution in [0.25, 0.3) is 0 Å². The summed E-state index contributed by atoms with van der Waals surface area (Å²) in [4.78, 5) is 0. The minimum atomic E-state index is 0.0383. The van der Waals surface area contributed by atoms with Gasteiger partial charge in [-0.3, -0.25) is 0 Å². The third-order valence-corrected chi connectivity index (χ3v) is 12.7. The van der Waals surface area contributed by atoms with Crippen LogP contribution in [-0.2, 0) is 14.2 Å². The minimum Gasteiger partial charge on any atom is -0.365 e. The molecule has 6 rings (SSSR count). The van der Waals surface area contributed by atoms with Crippen molar-refractivity contribution in [2.45, 2.75) is 149 Å². The van der Waals surface area contributed by atoms with Crippen molar-refractivity contribution in [3.05, 3.63) is 0 Å². The van der Waals surface area contributed by atoms with E-state index in [0.717, 1.165) is 55.0 Å². The Morgan fingerprint density at radius 1 is 0.914 bits per heavy atom. The van der Waals surface area contributed by atoms with Crippen LogP contribution in [0.2, 0.25) is 0 Å². The van der Waals surface area contributed by atoms with Crippen molar-refractivity contribution in [2.75, 3.05) is 6.61 Å². The summed E-state index contributed by atoms with van der Waals surface area (Å²) in [6.07, 6.45) is 19.5. The van der Waals surface area contributed by atoms with Gasteiger partial charge in [-0.15, -0.1) is 0 Å². The van der Waals surface area contributed by atoms with E-state index in [1.54, 1.807) is 0 Å². The number of epoxide rings is 1. The molecule has 1 unspecified atom stereocenters. The maximum atomic E-state index is 6.79. The van der Waals surface area contributed by atoms with Crippen molar-refractivity contribution in [1.82, 2.24) is 0 Å². The van der Waals surface area contributed by atoms with Gasteiger partial charge in [-0.05, 0) is 105 Å². The Kier molecular flexibility index (Phi) is 6.66. The van der Waals surface area contributed by atoms with Gasteiger partial charge in [0.1, 0.15) is 5.60 Å². The molecule has 2 saturated heterocycles. The van der Waals surface area contributed by atoms with Crippen LogP contribution < -0.4 is 0 Å². The van der Waals surface area contributed by atoms with Crippen LogP contribution in [0.15, 0.2) is 0 Å². The highest BCUT2D eigenvalue weighted by molar-refractivity contribution is 5.24. The van der Waals surface area contributed by atoms with Crippen molar-refractivity contribution in [3.63, 3.8) is 0 Å². The zero-order valence-corrected chi connectivity index (χ0v) is 23.5. The molecule has 11 atom stereocenters. The van der Waals surface area contributed by atoms with Gasteiger partial charge in [0.05, 0.1) is 12.2 Å². The molecule has 200 valence electrons. The standard InChI is InChI=1S/C32H54O3/c1-21(2)9-8-10-22(3)25-12-13-26-24-19-28-32(35-28)20-23(34-29-11-6-7-18-33-29)14-17-31(32,5)27(24)15-16-30(25,26)4/h21-29H,6-20H2,1-5H3/t22-,23+,24+,25-,26+,27+,28+,29?,30-,31-,32+/m1/s1. The van der Waals surface area contributed by atoms with Crippen LogP contribution in [-0.4, -0.2) is 30.7 Å². The van der Waals surface area contributed by atoms with Crippen molar-refractivity contribution in [2.24, 2.45) is 46.3 Å². The molecule has 2 aliphatic heterocycles. The Hall–Kier alpha value is -0.120. The lowest BCUT2D eigenvalue weighted by atomic mass is 9.44. The molecular weight excluding hydrogens is 432 g/mol. The molecule has 0 amide bonds. The van der Waals surface area contributed by atoms with Crippen LogP contribution in [0.4, 0.5) is 0 Å². The molecule has 3 nitrogen and oxygen atoms in total. The zero-order valence-electron chi connectivity index (χ0n) is 23.5. The van der Waals surface area contributed by atoms with E-state index in [-0.39, 0.29) is 11.9 Å². The second kappa shape index (κ2) is 9.26. The Bertz CT molecular complexity index is 760. The largest absolute Gasteiger partial charge is 0.365 e. The second-order valence-corrected chi connectivity index (χ2v) is 14.9. The van der Waals surface area contributed by atoms with E-state index in [1.807, 2.05) is 0 Å². The first-order chi connectivity index (χ1) is 16.8. The number of ether oxygens (including phenoxy) is 3. The predicted octanol–water partition coefficient (Wildman–Crippen LogP) is 8.15. The number of hydrogen-bond acceptors (Lipinski definition) is 3. The first-order valence-corrected chi connectivity index (χ1v) is 15.7. The molecule has 4 saturated carbocycles. The van der Waals surface area contributed by atoms with E-state index in [9.17, 15) is 0 Å².